The Labute approximate surface area is 167 Å². The molecule has 2 aromatic carbocycles. The van der Waals surface area contributed by atoms with E-state index in [0.717, 1.165) is 28.1 Å². The van der Waals surface area contributed by atoms with Crippen LogP contribution in [-0.2, 0) is 0 Å². The van der Waals surface area contributed by atoms with Gasteiger partial charge in [-0.1, -0.05) is 12.1 Å². The van der Waals surface area contributed by atoms with Crippen LogP contribution < -0.4 is 21.2 Å². The molecule has 0 radical (unpaired) electrons. The molecule has 0 amide bonds. The number of anilines is 3. The third kappa shape index (κ3) is 3.52. The number of rotatable bonds is 5. The maximum Gasteiger partial charge on any atom is 0.439 e. The molecule has 29 heavy (non-hydrogen) atoms. The van der Waals surface area contributed by atoms with Crippen molar-refractivity contribution < 1.29 is 9.15 Å². The minimum Gasteiger partial charge on any atom is -0.496 e. The topological polar surface area (TPSA) is 94.2 Å². The number of para-hydroxylation sites is 2. The summed E-state index contributed by atoms with van der Waals surface area (Å²) in [6, 6.07) is 11.1. The van der Waals surface area contributed by atoms with Gasteiger partial charge in [0, 0.05) is 23.5 Å². The van der Waals surface area contributed by atoms with E-state index in [-0.39, 0.29) is 0 Å². The molecule has 0 atom stereocenters. The van der Waals surface area contributed by atoms with Gasteiger partial charge in [-0.05, 0) is 50.1 Å². The number of aryl methyl sites for hydroxylation is 2. The number of aromatic nitrogens is 3. The number of nitrogens with zero attached hydrogens (tertiary/aromatic N) is 3. The molecule has 2 heterocycles. The van der Waals surface area contributed by atoms with Gasteiger partial charge in [-0.25, -0.2) is 9.78 Å². The molecule has 8 nitrogen and oxygen atoms in total. The first kappa shape index (κ1) is 18.5. The molecule has 0 bridgehead atoms. The maximum atomic E-state index is 12.2. The predicted molar refractivity (Wildman–Crippen MR) is 112 cm³/mol. The van der Waals surface area contributed by atoms with Gasteiger partial charge in [-0.15, -0.1) is 0 Å². The average molecular weight is 391 g/mol. The van der Waals surface area contributed by atoms with Crippen molar-refractivity contribution in [2.75, 3.05) is 17.9 Å². The van der Waals surface area contributed by atoms with Gasteiger partial charge in [-0.3, -0.25) is 5.43 Å². The second-order valence-corrected chi connectivity index (χ2v) is 6.75. The summed E-state index contributed by atoms with van der Waals surface area (Å²) in [7, 11) is 1.64. The van der Waals surface area contributed by atoms with Crippen LogP contribution in [-0.4, -0.2) is 21.8 Å². The van der Waals surface area contributed by atoms with E-state index < -0.39 is 5.76 Å². The number of methoxy groups -OCH3 is 1. The van der Waals surface area contributed by atoms with E-state index >= 15 is 0 Å². The second kappa shape index (κ2) is 7.31. The molecule has 2 N–H and O–H groups in total. The summed E-state index contributed by atoms with van der Waals surface area (Å²) in [5.74, 6) is 1.16. The summed E-state index contributed by atoms with van der Waals surface area (Å²) in [5, 5.41) is 3.19. The summed E-state index contributed by atoms with van der Waals surface area (Å²) < 4.78 is 12.0. The minimum absolute atomic E-state index is 0.393. The fourth-order valence-corrected chi connectivity index (χ4v) is 3.03. The van der Waals surface area contributed by atoms with Crippen molar-refractivity contribution >= 4 is 28.6 Å². The lowest BCUT2D eigenvalue weighted by molar-refractivity contribution is 0.411. The Morgan fingerprint density at radius 1 is 1.10 bits per heavy atom. The number of fused-ring (bicyclic) bond motifs is 1. The quantitative estimate of drug-likeness (QED) is 0.532. The highest BCUT2D eigenvalue weighted by atomic mass is 16.5. The Hall–Kier alpha value is -3.81. The zero-order valence-corrected chi connectivity index (χ0v) is 16.6. The largest absolute Gasteiger partial charge is 0.496 e. The molecule has 0 spiro atoms. The molecule has 0 saturated carbocycles. The third-order valence-electron chi connectivity index (χ3n) is 4.77. The van der Waals surface area contributed by atoms with E-state index in [0.29, 0.717) is 22.9 Å². The lowest BCUT2D eigenvalue weighted by Gasteiger charge is -2.13. The summed E-state index contributed by atoms with van der Waals surface area (Å²) in [6.45, 7) is 5.89. The molecule has 4 rings (SSSR count). The van der Waals surface area contributed by atoms with Gasteiger partial charge in [0.1, 0.15) is 11.3 Å². The molecule has 148 valence electrons. The van der Waals surface area contributed by atoms with Crippen molar-refractivity contribution in [2.45, 2.75) is 20.8 Å². The monoisotopic (exact) mass is 391 g/mol. The van der Waals surface area contributed by atoms with Crippen LogP contribution >= 0.6 is 0 Å². The third-order valence-corrected chi connectivity index (χ3v) is 4.77. The predicted octanol–water partition coefficient (Wildman–Crippen LogP) is 3.94. The van der Waals surface area contributed by atoms with Crippen LogP contribution in [0.5, 0.6) is 5.75 Å². The Kier molecular flexibility index (Phi) is 4.67. The number of benzene rings is 2. The molecule has 0 unspecified atom stereocenters. The summed E-state index contributed by atoms with van der Waals surface area (Å²) in [4.78, 5) is 21.1. The van der Waals surface area contributed by atoms with Crippen LogP contribution in [0.4, 0.5) is 17.5 Å². The van der Waals surface area contributed by atoms with E-state index in [2.05, 4.69) is 20.7 Å². The zero-order chi connectivity index (χ0) is 20.5. The fraction of sp³-hybridized carbons (Fsp3) is 0.190. The molecule has 0 fully saturated rings. The molecule has 0 saturated heterocycles. The van der Waals surface area contributed by atoms with Crippen molar-refractivity contribution in [3.63, 3.8) is 0 Å². The van der Waals surface area contributed by atoms with E-state index in [1.807, 2.05) is 45.0 Å². The van der Waals surface area contributed by atoms with Crippen LogP contribution in [0.3, 0.4) is 0 Å². The van der Waals surface area contributed by atoms with Gasteiger partial charge in [-0.2, -0.15) is 9.66 Å². The zero-order valence-electron chi connectivity index (χ0n) is 16.6. The number of nitrogens with one attached hydrogen (secondary N) is 2. The van der Waals surface area contributed by atoms with E-state index in [1.54, 1.807) is 25.4 Å². The molecular weight excluding hydrogens is 370 g/mol. The van der Waals surface area contributed by atoms with Crippen LogP contribution in [0.25, 0.3) is 11.1 Å². The van der Waals surface area contributed by atoms with Crippen molar-refractivity contribution in [3.05, 3.63) is 69.8 Å². The van der Waals surface area contributed by atoms with Crippen molar-refractivity contribution in [2.24, 2.45) is 0 Å². The first-order chi connectivity index (χ1) is 14.0. The van der Waals surface area contributed by atoms with Crippen LogP contribution in [0.15, 0.2) is 51.8 Å². The molecule has 8 heteroatoms. The highest BCUT2D eigenvalue weighted by Gasteiger charge is 2.12. The lowest BCUT2D eigenvalue weighted by Crippen LogP contribution is -2.23. The smallest absolute Gasteiger partial charge is 0.439 e. The molecule has 0 aliphatic heterocycles. The standard InChI is InChI=1S/C21H21N5O3/c1-12-9-15(10-18(28-4)14(12)3)23-20-22-11-13(2)19(24-20)25-26-16-7-5-6-8-17(16)29-21(26)27/h5-11H,1-4H3,(H2,22,23,24,25). The maximum absolute atomic E-state index is 12.2. The van der Waals surface area contributed by atoms with Crippen LogP contribution in [0, 0.1) is 20.8 Å². The molecular formula is C21H21N5O3. The highest BCUT2D eigenvalue weighted by Crippen LogP contribution is 2.28. The molecule has 2 aromatic heterocycles. The Morgan fingerprint density at radius 2 is 1.90 bits per heavy atom. The fourth-order valence-electron chi connectivity index (χ4n) is 3.03. The highest BCUT2D eigenvalue weighted by molar-refractivity contribution is 5.73. The van der Waals surface area contributed by atoms with Gasteiger partial charge in [0.2, 0.25) is 5.95 Å². The summed E-state index contributed by atoms with van der Waals surface area (Å²) in [5.41, 5.74) is 7.92. The lowest BCUT2D eigenvalue weighted by atomic mass is 10.1. The van der Waals surface area contributed by atoms with E-state index in [9.17, 15) is 4.79 Å². The minimum atomic E-state index is -0.516. The van der Waals surface area contributed by atoms with Gasteiger partial charge in [0.15, 0.2) is 11.4 Å². The Bertz CT molecular complexity index is 1260. The average Bonchev–Trinajstić information content (AvgIpc) is 3.02. The molecule has 4 aromatic rings. The number of hydrogen-bond donors (Lipinski definition) is 2. The number of hydrogen-bond acceptors (Lipinski definition) is 7. The summed E-state index contributed by atoms with van der Waals surface area (Å²) >= 11 is 0. The summed E-state index contributed by atoms with van der Waals surface area (Å²) in [6.07, 6.45) is 1.68. The second-order valence-electron chi connectivity index (χ2n) is 6.75. The van der Waals surface area contributed by atoms with Crippen molar-refractivity contribution in [3.8, 4) is 5.75 Å². The number of oxazole rings is 1. The van der Waals surface area contributed by atoms with Gasteiger partial charge >= 0.3 is 5.76 Å². The number of ether oxygens (including phenoxy) is 1. The van der Waals surface area contributed by atoms with E-state index in [1.165, 1.54) is 4.68 Å². The first-order valence-electron chi connectivity index (χ1n) is 9.10. The van der Waals surface area contributed by atoms with Crippen molar-refractivity contribution in [1.82, 2.24) is 14.6 Å². The van der Waals surface area contributed by atoms with Gasteiger partial charge in [0.25, 0.3) is 0 Å². The van der Waals surface area contributed by atoms with E-state index in [4.69, 9.17) is 9.15 Å². The van der Waals surface area contributed by atoms with Crippen LogP contribution in [0.2, 0.25) is 0 Å². The molecule has 0 aliphatic rings. The van der Waals surface area contributed by atoms with Crippen molar-refractivity contribution in [1.29, 1.82) is 0 Å². The SMILES string of the molecule is COc1cc(Nc2ncc(C)c(Nn3c(=O)oc4ccccc43)n2)cc(C)c1C. The Morgan fingerprint density at radius 3 is 2.69 bits per heavy atom. The van der Waals surface area contributed by atoms with Gasteiger partial charge in [0.05, 0.1) is 7.11 Å². The van der Waals surface area contributed by atoms with Gasteiger partial charge < -0.3 is 14.5 Å². The normalized spacial score (nSPS) is 10.9. The van der Waals surface area contributed by atoms with Crippen LogP contribution in [0.1, 0.15) is 16.7 Å². The Balaban J connectivity index is 1.67. The first-order valence-corrected chi connectivity index (χ1v) is 9.10. The molecule has 0 aliphatic carbocycles.